The van der Waals surface area contributed by atoms with Gasteiger partial charge in [0.15, 0.2) is 0 Å². The molecule has 0 bridgehead atoms. The third kappa shape index (κ3) is 4.75. The fraction of sp³-hybridized carbons (Fsp3) is 0.316. The van der Waals surface area contributed by atoms with Gasteiger partial charge in [-0.25, -0.2) is 0 Å². The summed E-state index contributed by atoms with van der Waals surface area (Å²) in [6, 6.07) is 20.6. The highest BCUT2D eigenvalue weighted by molar-refractivity contribution is 7.99. The van der Waals surface area contributed by atoms with Crippen LogP contribution in [0.25, 0.3) is 0 Å². The standard InChI is InChI=1S/C19H22OS/c1-19(2,3)18(20)14-17(15-10-6-4-7-11-15)21-16-12-8-5-9-13-16/h4-13,17H,14H2,1-3H3. The van der Waals surface area contributed by atoms with Gasteiger partial charge in [0.2, 0.25) is 0 Å². The molecule has 0 N–H and O–H groups in total. The van der Waals surface area contributed by atoms with Crippen LogP contribution < -0.4 is 0 Å². The molecule has 2 aromatic rings. The normalized spacial score (nSPS) is 12.9. The van der Waals surface area contributed by atoms with E-state index in [0.29, 0.717) is 12.2 Å². The Morgan fingerprint density at radius 1 is 0.952 bits per heavy atom. The molecule has 2 heteroatoms. The largest absolute Gasteiger partial charge is 0.299 e. The fourth-order valence-electron chi connectivity index (χ4n) is 2.03. The minimum Gasteiger partial charge on any atom is -0.299 e. The van der Waals surface area contributed by atoms with Crippen LogP contribution in [0.5, 0.6) is 0 Å². The van der Waals surface area contributed by atoms with Crippen LogP contribution in [-0.4, -0.2) is 5.78 Å². The summed E-state index contributed by atoms with van der Waals surface area (Å²) in [4.78, 5) is 13.6. The van der Waals surface area contributed by atoms with E-state index in [1.807, 2.05) is 57.2 Å². The molecular formula is C19H22OS. The molecular weight excluding hydrogens is 276 g/mol. The molecule has 0 aliphatic carbocycles. The maximum Gasteiger partial charge on any atom is 0.139 e. The highest BCUT2D eigenvalue weighted by Crippen LogP contribution is 2.39. The van der Waals surface area contributed by atoms with Gasteiger partial charge in [-0.15, -0.1) is 11.8 Å². The molecule has 0 aliphatic rings. The summed E-state index contributed by atoms with van der Waals surface area (Å²) in [6.07, 6.45) is 0.563. The van der Waals surface area contributed by atoms with Gasteiger partial charge < -0.3 is 0 Å². The predicted octanol–water partition coefficient (Wildman–Crippen LogP) is 5.53. The molecule has 0 saturated heterocycles. The van der Waals surface area contributed by atoms with Gasteiger partial charge in [-0.3, -0.25) is 4.79 Å². The Hall–Kier alpha value is -1.54. The van der Waals surface area contributed by atoms with Crippen molar-refractivity contribution in [1.29, 1.82) is 0 Å². The van der Waals surface area contributed by atoms with E-state index in [0.717, 1.165) is 0 Å². The summed E-state index contributed by atoms with van der Waals surface area (Å²) < 4.78 is 0. The lowest BCUT2D eigenvalue weighted by Gasteiger charge is -2.22. The Bertz CT molecular complexity index is 570. The van der Waals surface area contributed by atoms with Gasteiger partial charge in [-0.1, -0.05) is 69.3 Å². The summed E-state index contributed by atoms with van der Waals surface area (Å²) in [5, 5.41) is 0.167. The molecule has 0 heterocycles. The molecule has 1 unspecified atom stereocenters. The van der Waals surface area contributed by atoms with Gasteiger partial charge in [0.1, 0.15) is 5.78 Å². The van der Waals surface area contributed by atoms with Crippen molar-refractivity contribution in [2.45, 2.75) is 37.3 Å². The zero-order valence-electron chi connectivity index (χ0n) is 12.9. The average molecular weight is 298 g/mol. The number of hydrogen-bond acceptors (Lipinski definition) is 2. The monoisotopic (exact) mass is 298 g/mol. The number of Topliss-reactive ketones (excluding diaryl/α,β-unsaturated/α-hetero) is 1. The smallest absolute Gasteiger partial charge is 0.139 e. The Kier molecular flexibility index (Phi) is 5.24. The van der Waals surface area contributed by atoms with Crippen LogP contribution in [0.2, 0.25) is 0 Å². The van der Waals surface area contributed by atoms with Crippen LogP contribution in [0.3, 0.4) is 0 Å². The topological polar surface area (TPSA) is 17.1 Å². The molecule has 0 aliphatic heterocycles. The van der Waals surface area contributed by atoms with Gasteiger partial charge in [-0.2, -0.15) is 0 Å². The first-order chi connectivity index (χ1) is 9.97. The minimum absolute atomic E-state index is 0.167. The third-order valence-corrected chi connectivity index (χ3v) is 4.67. The summed E-state index contributed by atoms with van der Waals surface area (Å²) in [5.74, 6) is 0.305. The number of thioether (sulfide) groups is 1. The highest BCUT2D eigenvalue weighted by atomic mass is 32.2. The van der Waals surface area contributed by atoms with Crippen molar-refractivity contribution in [2.24, 2.45) is 5.41 Å². The first-order valence-corrected chi connectivity index (χ1v) is 8.15. The number of rotatable bonds is 5. The maximum absolute atomic E-state index is 12.4. The van der Waals surface area contributed by atoms with E-state index in [4.69, 9.17) is 0 Å². The van der Waals surface area contributed by atoms with Crippen molar-refractivity contribution < 1.29 is 4.79 Å². The summed E-state index contributed by atoms with van der Waals surface area (Å²) in [7, 11) is 0. The van der Waals surface area contributed by atoms with Gasteiger partial charge in [0.05, 0.1) is 0 Å². The molecule has 0 spiro atoms. The van der Waals surface area contributed by atoms with E-state index in [2.05, 4.69) is 24.3 Å². The zero-order valence-corrected chi connectivity index (χ0v) is 13.7. The van der Waals surface area contributed by atoms with Crippen LogP contribution >= 0.6 is 11.8 Å². The predicted molar refractivity (Wildman–Crippen MR) is 90.6 cm³/mol. The van der Waals surface area contributed by atoms with Crippen molar-refractivity contribution in [3.63, 3.8) is 0 Å². The molecule has 0 aromatic heterocycles. The van der Waals surface area contributed by atoms with Crippen LogP contribution in [0.15, 0.2) is 65.6 Å². The average Bonchev–Trinajstić information content (AvgIpc) is 2.47. The Labute approximate surface area is 131 Å². The Morgan fingerprint density at radius 2 is 1.48 bits per heavy atom. The van der Waals surface area contributed by atoms with Gasteiger partial charge >= 0.3 is 0 Å². The zero-order chi connectivity index (χ0) is 15.3. The molecule has 0 fully saturated rings. The molecule has 1 nitrogen and oxygen atoms in total. The van der Waals surface area contributed by atoms with Crippen molar-refractivity contribution in [3.8, 4) is 0 Å². The van der Waals surface area contributed by atoms with E-state index in [1.54, 1.807) is 11.8 Å². The first-order valence-electron chi connectivity index (χ1n) is 7.27. The Balaban J connectivity index is 2.21. The van der Waals surface area contributed by atoms with E-state index >= 15 is 0 Å². The second-order valence-electron chi connectivity index (χ2n) is 6.21. The third-order valence-electron chi connectivity index (χ3n) is 3.40. The molecule has 1 atom stereocenters. The summed E-state index contributed by atoms with van der Waals surface area (Å²) >= 11 is 1.77. The van der Waals surface area contributed by atoms with Crippen LogP contribution in [-0.2, 0) is 4.79 Å². The van der Waals surface area contributed by atoms with Gasteiger partial charge in [-0.05, 0) is 17.7 Å². The number of ketones is 1. The van der Waals surface area contributed by atoms with E-state index in [1.165, 1.54) is 10.5 Å². The molecule has 21 heavy (non-hydrogen) atoms. The van der Waals surface area contributed by atoms with E-state index in [-0.39, 0.29) is 10.7 Å². The van der Waals surface area contributed by atoms with Crippen LogP contribution in [0, 0.1) is 5.41 Å². The quantitative estimate of drug-likeness (QED) is 0.675. The van der Waals surface area contributed by atoms with Crippen molar-refractivity contribution in [1.82, 2.24) is 0 Å². The highest BCUT2D eigenvalue weighted by Gasteiger charge is 2.26. The van der Waals surface area contributed by atoms with Crippen molar-refractivity contribution in [3.05, 3.63) is 66.2 Å². The Morgan fingerprint density at radius 3 is 2.00 bits per heavy atom. The number of benzene rings is 2. The first kappa shape index (κ1) is 15.8. The molecule has 0 radical (unpaired) electrons. The van der Waals surface area contributed by atoms with E-state index in [9.17, 15) is 4.79 Å². The fourth-order valence-corrected chi connectivity index (χ4v) is 3.20. The molecule has 2 rings (SSSR count). The lowest BCUT2D eigenvalue weighted by molar-refractivity contribution is -0.126. The summed E-state index contributed by atoms with van der Waals surface area (Å²) in [6.45, 7) is 5.97. The lowest BCUT2D eigenvalue weighted by atomic mass is 9.87. The molecule has 0 amide bonds. The lowest BCUT2D eigenvalue weighted by Crippen LogP contribution is -2.21. The number of carbonyl (C=O) groups is 1. The minimum atomic E-state index is -0.287. The number of hydrogen-bond donors (Lipinski definition) is 0. The van der Waals surface area contributed by atoms with Crippen LogP contribution in [0.1, 0.15) is 38.0 Å². The van der Waals surface area contributed by atoms with Gasteiger partial charge in [0.25, 0.3) is 0 Å². The van der Waals surface area contributed by atoms with Crippen LogP contribution in [0.4, 0.5) is 0 Å². The second kappa shape index (κ2) is 6.95. The van der Waals surface area contributed by atoms with Gasteiger partial charge in [0, 0.05) is 22.0 Å². The maximum atomic E-state index is 12.4. The SMILES string of the molecule is CC(C)(C)C(=O)CC(Sc1ccccc1)c1ccccc1. The summed E-state index contributed by atoms with van der Waals surface area (Å²) in [5.41, 5.74) is 0.925. The van der Waals surface area contributed by atoms with Crippen molar-refractivity contribution >= 4 is 17.5 Å². The molecule has 0 saturated carbocycles. The number of carbonyl (C=O) groups excluding carboxylic acids is 1. The van der Waals surface area contributed by atoms with Crippen molar-refractivity contribution in [2.75, 3.05) is 0 Å². The van der Waals surface area contributed by atoms with E-state index < -0.39 is 0 Å². The molecule has 2 aromatic carbocycles. The second-order valence-corrected chi connectivity index (χ2v) is 7.48. The molecule has 110 valence electrons.